The van der Waals surface area contributed by atoms with Crippen molar-refractivity contribution >= 4 is 5.91 Å². The van der Waals surface area contributed by atoms with Crippen LogP contribution in [0.3, 0.4) is 0 Å². The van der Waals surface area contributed by atoms with Crippen molar-refractivity contribution in [1.82, 2.24) is 5.32 Å². The number of methoxy groups -OCH3 is 1. The van der Waals surface area contributed by atoms with Crippen molar-refractivity contribution in [2.45, 2.75) is 38.6 Å². The second-order valence-electron chi connectivity index (χ2n) is 4.98. The molecule has 0 aromatic heterocycles. The topological polar surface area (TPSA) is 38.3 Å². The summed E-state index contributed by atoms with van der Waals surface area (Å²) in [6, 6.07) is 7.90. The first kappa shape index (κ1) is 12.9. The fraction of sp³-hybridized carbons (Fsp3) is 0.533. The van der Waals surface area contributed by atoms with Crippen molar-refractivity contribution in [3.8, 4) is 5.75 Å². The molecule has 0 radical (unpaired) electrons. The van der Waals surface area contributed by atoms with Gasteiger partial charge in [0.05, 0.1) is 13.2 Å². The number of carbonyl (C=O) groups excluding carboxylic acids is 1. The maximum atomic E-state index is 12.0. The van der Waals surface area contributed by atoms with E-state index in [1.54, 1.807) is 7.11 Å². The molecule has 0 spiro atoms. The van der Waals surface area contributed by atoms with Crippen molar-refractivity contribution in [2.24, 2.45) is 5.92 Å². The van der Waals surface area contributed by atoms with Gasteiger partial charge in [0.15, 0.2) is 0 Å². The lowest BCUT2D eigenvalue weighted by Crippen LogP contribution is -2.31. The zero-order valence-corrected chi connectivity index (χ0v) is 11.1. The summed E-state index contributed by atoms with van der Waals surface area (Å²) < 4.78 is 5.12. The SMILES string of the molecule is COc1ccc([C@@H](C)NC(=O)C2CCCC2)cc1. The minimum absolute atomic E-state index is 0.0593. The van der Waals surface area contributed by atoms with E-state index in [9.17, 15) is 4.79 Å². The van der Waals surface area contributed by atoms with Gasteiger partial charge in [0, 0.05) is 5.92 Å². The number of amides is 1. The van der Waals surface area contributed by atoms with Crippen LogP contribution in [0.2, 0.25) is 0 Å². The number of carbonyl (C=O) groups is 1. The minimum atomic E-state index is 0.0593. The predicted molar refractivity (Wildman–Crippen MR) is 71.5 cm³/mol. The summed E-state index contributed by atoms with van der Waals surface area (Å²) >= 11 is 0. The van der Waals surface area contributed by atoms with Crippen LogP contribution in [0.1, 0.15) is 44.2 Å². The van der Waals surface area contributed by atoms with E-state index in [0.29, 0.717) is 0 Å². The van der Waals surface area contributed by atoms with E-state index in [-0.39, 0.29) is 17.9 Å². The van der Waals surface area contributed by atoms with Crippen LogP contribution in [0.4, 0.5) is 0 Å². The summed E-state index contributed by atoms with van der Waals surface area (Å²) in [5.41, 5.74) is 1.11. The maximum absolute atomic E-state index is 12.0. The molecule has 1 N–H and O–H groups in total. The van der Waals surface area contributed by atoms with Crippen molar-refractivity contribution in [1.29, 1.82) is 0 Å². The molecule has 1 aliphatic rings. The third-order valence-electron chi connectivity index (χ3n) is 3.70. The Morgan fingerprint density at radius 1 is 1.28 bits per heavy atom. The van der Waals surface area contributed by atoms with Crippen molar-refractivity contribution in [2.75, 3.05) is 7.11 Å². The molecule has 1 saturated carbocycles. The lowest BCUT2D eigenvalue weighted by Gasteiger charge is -2.17. The van der Waals surface area contributed by atoms with Crippen LogP contribution in [-0.4, -0.2) is 13.0 Å². The van der Waals surface area contributed by atoms with Gasteiger partial charge in [0.25, 0.3) is 0 Å². The Hall–Kier alpha value is -1.51. The summed E-state index contributed by atoms with van der Waals surface area (Å²) in [5, 5.41) is 3.10. The van der Waals surface area contributed by atoms with Gasteiger partial charge in [-0.1, -0.05) is 25.0 Å². The van der Waals surface area contributed by atoms with Gasteiger partial charge in [-0.2, -0.15) is 0 Å². The largest absolute Gasteiger partial charge is 0.497 e. The summed E-state index contributed by atoms with van der Waals surface area (Å²) in [7, 11) is 1.65. The quantitative estimate of drug-likeness (QED) is 0.888. The Balaban J connectivity index is 1.93. The van der Waals surface area contributed by atoms with Crippen LogP contribution in [0, 0.1) is 5.92 Å². The van der Waals surface area contributed by atoms with Gasteiger partial charge >= 0.3 is 0 Å². The highest BCUT2D eigenvalue weighted by Gasteiger charge is 2.23. The van der Waals surface area contributed by atoms with Crippen LogP contribution in [0.15, 0.2) is 24.3 Å². The van der Waals surface area contributed by atoms with Crippen molar-refractivity contribution in [3.05, 3.63) is 29.8 Å². The highest BCUT2D eigenvalue weighted by Crippen LogP contribution is 2.26. The molecule has 18 heavy (non-hydrogen) atoms. The van der Waals surface area contributed by atoms with Crippen LogP contribution in [-0.2, 0) is 4.79 Å². The molecule has 1 atom stereocenters. The molecule has 98 valence electrons. The van der Waals surface area contributed by atoms with Gasteiger partial charge < -0.3 is 10.1 Å². The average molecular weight is 247 g/mol. The van der Waals surface area contributed by atoms with Crippen LogP contribution < -0.4 is 10.1 Å². The molecule has 0 bridgehead atoms. The number of nitrogens with one attached hydrogen (secondary N) is 1. The van der Waals surface area contributed by atoms with Gasteiger partial charge in [-0.05, 0) is 37.5 Å². The zero-order chi connectivity index (χ0) is 13.0. The fourth-order valence-corrected chi connectivity index (χ4v) is 2.50. The molecule has 0 saturated heterocycles. The van der Waals surface area contributed by atoms with Crippen LogP contribution in [0.5, 0.6) is 5.75 Å². The summed E-state index contributed by atoms with van der Waals surface area (Å²) in [5.74, 6) is 1.27. The van der Waals surface area contributed by atoms with Gasteiger partial charge in [-0.25, -0.2) is 0 Å². The normalized spacial score (nSPS) is 17.4. The molecular formula is C15H21NO2. The Bertz CT molecular complexity index is 393. The number of ether oxygens (including phenoxy) is 1. The third-order valence-corrected chi connectivity index (χ3v) is 3.70. The molecule has 1 amide bonds. The van der Waals surface area contributed by atoms with Crippen LogP contribution >= 0.6 is 0 Å². The standard InChI is InChI=1S/C15H21NO2/c1-11(12-7-9-14(18-2)10-8-12)16-15(17)13-5-3-4-6-13/h7-11,13H,3-6H2,1-2H3,(H,16,17)/t11-/m1/s1. The van der Waals surface area contributed by atoms with E-state index in [1.165, 1.54) is 12.8 Å². The first-order valence-electron chi connectivity index (χ1n) is 6.65. The smallest absolute Gasteiger partial charge is 0.223 e. The van der Waals surface area contributed by atoms with E-state index in [2.05, 4.69) is 5.32 Å². The van der Waals surface area contributed by atoms with E-state index >= 15 is 0 Å². The summed E-state index contributed by atoms with van der Waals surface area (Å²) in [4.78, 5) is 12.0. The maximum Gasteiger partial charge on any atom is 0.223 e. The molecule has 2 rings (SSSR count). The summed E-state index contributed by atoms with van der Waals surface area (Å²) in [6.45, 7) is 2.02. The lowest BCUT2D eigenvalue weighted by molar-refractivity contribution is -0.125. The Morgan fingerprint density at radius 2 is 1.89 bits per heavy atom. The van der Waals surface area contributed by atoms with E-state index in [1.807, 2.05) is 31.2 Å². The van der Waals surface area contributed by atoms with E-state index in [4.69, 9.17) is 4.74 Å². The molecular weight excluding hydrogens is 226 g/mol. The molecule has 1 aliphatic carbocycles. The van der Waals surface area contributed by atoms with E-state index < -0.39 is 0 Å². The summed E-state index contributed by atoms with van der Waals surface area (Å²) in [6.07, 6.45) is 4.46. The van der Waals surface area contributed by atoms with Gasteiger partial charge in [-0.15, -0.1) is 0 Å². The number of hydrogen-bond donors (Lipinski definition) is 1. The Morgan fingerprint density at radius 3 is 2.44 bits per heavy atom. The molecule has 3 nitrogen and oxygen atoms in total. The second-order valence-corrected chi connectivity index (χ2v) is 4.98. The van der Waals surface area contributed by atoms with Crippen LogP contribution in [0.25, 0.3) is 0 Å². The highest BCUT2D eigenvalue weighted by molar-refractivity contribution is 5.79. The molecule has 1 fully saturated rings. The molecule has 0 heterocycles. The lowest BCUT2D eigenvalue weighted by atomic mass is 10.0. The number of benzene rings is 1. The average Bonchev–Trinajstić information content (AvgIpc) is 2.92. The Kier molecular flexibility index (Phi) is 4.24. The van der Waals surface area contributed by atoms with Gasteiger partial charge in [0.2, 0.25) is 5.91 Å². The van der Waals surface area contributed by atoms with Crippen molar-refractivity contribution in [3.63, 3.8) is 0 Å². The fourth-order valence-electron chi connectivity index (χ4n) is 2.50. The first-order valence-corrected chi connectivity index (χ1v) is 6.65. The Labute approximate surface area is 109 Å². The first-order chi connectivity index (χ1) is 8.70. The monoisotopic (exact) mass is 247 g/mol. The molecule has 0 unspecified atom stereocenters. The molecule has 0 aliphatic heterocycles. The highest BCUT2D eigenvalue weighted by atomic mass is 16.5. The zero-order valence-electron chi connectivity index (χ0n) is 11.1. The second kappa shape index (κ2) is 5.89. The molecule has 3 heteroatoms. The van der Waals surface area contributed by atoms with E-state index in [0.717, 1.165) is 24.2 Å². The predicted octanol–water partition coefficient (Wildman–Crippen LogP) is 3.06. The number of hydrogen-bond acceptors (Lipinski definition) is 2. The molecule has 1 aromatic rings. The molecule has 1 aromatic carbocycles. The van der Waals surface area contributed by atoms with Crippen molar-refractivity contribution < 1.29 is 9.53 Å². The van der Waals surface area contributed by atoms with Gasteiger partial charge in [0.1, 0.15) is 5.75 Å². The van der Waals surface area contributed by atoms with Gasteiger partial charge in [-0.3, -0.25) is 4.79 Å². The third kappa shape index (κ3) is 3.03. The number of rotatable bonds is 4. The minimum Gasteiger partial charge on any atom is -0.497 e.